The van der Waals surface area contributed by atoms with E-state index in [9.17, 15) is 15.0 Å². The van der Waals surface area contributed by atoms with Gasteiger partial charge in [0.1, 0.15) is 5.54 Å². The van der Waals surface area contributed by atoms with Crippen LogP contribution in [0.15, 0.2) is 18.2 Å². The van der Waals surface area contributed by atoms with Crippen molar-refractivity contribution in [1.82, 2.24) is 5.43 Å². The Kier molecular flexibility index (Phi) is 4.15. The van der Waals surface area contributed by atoms with E-state index in [1.165, 1.54) is 13.0 Å². The van der Waals surface area contributed by atoms with Crippen molar-refractivity contribution in [2.45, 2.75) is 44.2 Å². The summed E-state index contributed by atoms with van der Waals surface area (Å²) in [5, 5.41) is 19.0. The largest absolute Gasteiger partial charge is 0.504 e. The molecule has 1 aromatic carbocycles. The van der Waals surface area contributed by atoms with E-state index in [4.69, 9.17) is 10.6 Å². The Balaban J connectivity index is 2.15. The summed E-state index contributed by atoms with van der Waals surface area (Å²) in [7, 11) is 0. The van der Waals surface area contributed by atoms with Crippen molar-refractivity contribution in [3.63, 3.8) is 0 Å². The number of carboxylic acid groups (broad SMARTS) is 1. The Labute approximate surface area is 117 Å². The van der Waals surface area contributed by atoms with Crippen LogP contribution >= 0.6 is 0 Å². The van der Waals surface area contributed by atoms with E-state index in [0.717, 1.165) is 24.8 Å². The maximum Gasteiger partial charge on any atom is 0.325 e. The number of carbonyl (C=O) groups is 1. The number of benzene rings is 1. The molecule has 0 radical (unpaired) electrons. The van der Waals surface area contributed by atoms with Gasteiger partial charge < -0.3 is 14.9 Å². The number of aromatic hydroxyl groups is 1. The van der Waals surface area contributed by atoms with Gasteiger partial charge in [-0.25, -0.2) is 5.43 Å². The van der Waals surface area contributed by atoms with Crippen molar-refractivity contribution in [2.75, 3.05) is 0 Å². The van der Waals surface area contributed by atoms with Gasteiger partial charge in [-0.2, -0.15) is 0 Å². The maximum atomic E-state index is 11.2. The van der Waals surface area contributed by atoms with Gasteiger partial charge in [0.05, 0.1) is 6.10 Å². The highest BCUT2D eigenvalue weighted by Gasteiger charge is 2.32. The molecule has 0 saturated heterocycles. The molecular weight excluding hydrogens is 260 g/mol. The Morgan fingerprint density at radius 3 is 2.75 bits per heavy atom. The summed E-state index contributed by atoms with van der Waals surface area (Å²) in [5.74, 6) is 4.76. The highest BCUT2D eigenvalue weighted by molar-refractivity contribution is 5.78. The number of hydrogen-bond donors (Lipinski definition) is 4. The molecule has 20 heavy (non-hydrogen) atoms. The van der Waals surface area contributed by atoms with Gasteiger partial charge in [0.2, 0.25) is 0 Å². The van der Waals surface area contributed by atoms with Gasteiger partial charge in [-0.05, 0) is 43.9 Å². The zero-order chi connectivity index (χ0) is 14.8. The topological polar surface area (TPSA) is 105 Å². The van der Waals surface area contributed by atoms with Gasteiger partial charge in [0, 0.05) is 6.42 Å². The molecule has 0 amide bonds. The number of hydrogen-bond acceptors (Lipinski definition) is 5. The predicted octanol–water partition coefficient (Wildman–Crippen LogP) is 1.17. The van der Waals surface area contributed by atoms with Gasteiger partial charge in [-0.1, -0.05) is 6.07 Å². The molecule has 0 spiro atoms. The molecule has 1 saturated carbocycles. The molecule has 1 aromatic rings. The van der Waals surface area contributed by atoms with Crippen molar-refractivity contribution < 1.29 is 19.7 Å². The third-order valence-electron chi connectivity index (χ3n) is 3.72. The molecule has 1 aliphatic rings. The quantitative estimate of drug-likeness (QED) is 0.460. The molecule has 110 valence electrons. The first-order valence-corrected chi connectivity index (χ1v) is 6.64. The lowest BCUT2D eigenvalue weighted by molar-refractivity contribution is -0.144. The van der Waals surface area contributed by atoms with Crippen molar-refractivity contribution >= 4 is 5.97 Å². The van der Waals surface area contributed by atoms with Gasteiger partial charge >= 0.3 is 5.97 Å². The number of aliphatic carboxylic acids is 1. The van der Waals surface area contributed by atoms with Crippen molar-refractivity contribution in [2.24, 2.45) is 5.84 Å². The minimum Gasteiger partial charge on any atom is -0.504 e. The molecule has 5 N–H and O–H groups in total. The summed E-state index contributed by atoms with van der Waals surface area (Å²) >= 11 is 0. The highest BCUT2D eigenvalue weighted by Crippen LogP contribution is 2.33. The molecule has 0 aliphatic heterocycles. The zero-order valence-corrected chi connectivity index (χ0v) is 11.4. The lowest BCUT2D eigenvalue weighted by atomic mass is 9.93. The normalized spacial score (nSPS) is 18.1. The summed E-state index contributed by atoms with van der Waals surface area (Å²) in [5.41, 5.74) is 1.80. The molecular formula is C14H20N2O4. The average Bonchev–Trinajstić information content (AvgIpc) is 2.36. The number of rotatable bonds is 6. The third kappa shape index (κ3) is 3.02. The van der Waals surface area contributed by atoms with E-state index >= 15 is 0 Å². The summed E-state index contributed by atoms with van der Waals surface area (Å²) in [6, 6.07) is 4.86. The van der Waals surface area contributed by atoms with E-state index in [2.05, 4.69) is 5.43 Å². The lowest BCUT2D eigenvalue weighted by Gasteiger charge is -2.27. The summed E-state index contributed by atoms with van der Waals surface area (Å²) < 4.78 is 5.68. The Morgan fingerprint density at radius 2 is 2.25 bits per heavy atom. The van der Waals surface area contributed by atoms with Crippen molar-refractivity contribution in [1.29, 1.82) is 0 Å². The van der Waals surface area contributed by atoms with Gasteiger partial charge in [-0.15, -0.1) is 0 Å². The number of nitrogens with one attached hydrogen (secondary N) is 1. The van der Waals surface area contributed by atoms with Crippen molar-refractivity contribution in [3.05, 3.63) is 23.8 Å². The molecule has 0 aromatic heterocycles. The van der Waals surface area contributed by atoms with Crippen LogP contribution in [0.2, 0.25) is 0 Å². The number of hydrazine groups is 1. The lowest BCUT2D eigenvalue weighted by Crippen LogP contribution is -2.54. The van der Waals surface area contributed by atoms with E-state index in [1.54, 1.807) is 12.1 Å². The van der Waals surface area contributed by atoms with E-state index in [-0.39, 0.29) is 18.3 Å². The molecule has 1 fully saturated rings. The first-order valence-electron chi connectivity index (χ1n) is 6.64. The second kappa shape index (κ2) is 5.68. The predicted molar refractivity (Wildman–Crippen MR) is 73.4 cm³/mol. The Bertz CT molecular complexity index is 502. The fourth-order valence-electron chi connectivity index (χ4n) is 2.03. The van der Waals surface area contributed by atoms with Crippen LogP contribution in [0.5, 0.6) is 11.5 Å². The second-order valence-electron chi connectivity index (χ2n) is 5.43. The smallest absolute Gasteiger partial charge is 0.325 e. The molecule has 1 atom stereocenters. The fraction of sp³-hybridized carbons (Fsp3) is 0.500. The second-order valence-corrected chi connectivity index (χ2v) is 5.43. The van der Waals surface area contributed by atoms with Crippen LogP contribution in [0.3, 0.4) is 0 Å². The molecule has 1 aliphatic carbocycles. The molecule has 6 heteroatoms. The molecule has 2 rings (SSSR count). The summed E-state index contributed by atoms with van der Waals surface area (Å²) in [6.07, 6.45) is 3.45. The van der Waals surface area contributed by atoms with Crippen LogP contribution in [-0.4, -0.2) is 27.8 Å². The van der Waals surface area contributed by atoms with Crippen LogP contribution in [0.1, 0.15) is 31.7 Å². The average molecular weight is 280 g/mol. The Morgan fingerprint density at radius 1 is 1.55 bits per heavy atom. The first-order chi connectivity index (χ1) is 9.44. The number of ether oxygens (including phenoxy) is 1. The third-order valence-corrected chi connectivity index (χ3v) is 3.72. The van der Waals surface area contributed by atoms with E-state index in [0.29, 0.717) is 5.75 Å². The van der Waals surface area contributed by atoms with Crippen LogP contribution in [0, 0.1) is 0 Å². The number of nitrogens with two attached hydrogens (primary N) is 1. The fourth-order valence-corrected chi connectivity index (χ4v) is 2.03. The van der Waals surface area contributed by atoms with Crippen LogP contribution in [0.25, 0.3) is 0 Å². The number of phenols is 1. The van der Waals surface area contributed by atoms with Crippen LogP contribution < -0.4 is 16.0 Å². The van der Waals surface area contributed by atoms with Crippen LogP contribution in [0.4, 0.5) is 0 Å². The van der Waals surface area contributed by atoms with E-state index in [1.807, 2.05) is 0 Å². The van der Waals surface area contributed by atoms with Gasteiger partial charge in [0.15, 0.2) is 11.5 Å². The van der Waals surface area contributed by atoms with Gasteiger partial charge in [0.25, 0.3) is 0 Å². The molecule has 0 bridgehead atoms. The minimum atomic E-state index is -1.26. The first kappa shape index (κ1) is 14.6. The summed E-state index contributed by atoms with van der Waals surface area (Å²) in [6.45, 7) is 1.51. The maximum absolute atomic E-state index is 11.2. The number of carboxylic acids is 1. The van der Waals surface area contributed by atoms with Crippen LogP contribution in [-0.2, 0) is 11.2 Å². The minimum absolute atomic E-state index is 0.0679. The monoisotopic (exact) mass is 280 g/mol. The van der Waals surface area contributed by atoms with Gasteiger partial charge in [-0.3, -0.25) is 10.6 Å². The summed E-state index contributed by atoms with van der Waals surface area (Å²) in [4.78, 5) is 11.2. The number of phenolic OH excluding ortho intramolecular Hbond substituents is 1. The zero-order valence-electron chi connectivity index (χ0n) is 11.4. The Hall–Kier alpha value is -1.79. The SMILES string of the molecule is C[C@@](Cc1ccc(O)c(OC2CCC2)c1)(NN)C(=O)O. The van der Waals surface area contributed by atoms with Crippen molar-refractivity contribution in [3.8, 4) is 11.5 Å². The highest BCUT2D eigenvalue weighted by atomic mass is 16.5. The molecule has 6 nitrogen and oxygen atoms in total. The molecule has 0 heterocycles. The van der Waals surface area contributed by atoms with E-state index < -0.39 is 11.5 Å². The molecule has 0 unspecified atom stereocenters. The standard InChI is InChI=1S/C14H20N2O4/c1-14(16-15,13(18)19)8-9-5-6-11(17)12(7-9)20-10-3-2-4-10/h5-7,10,16-17H,2-4,8,15H2,1H3,(H,18,19)/t14-/m0/s1.